The summed E-state index contributed by atoms with van der Waals surface area (Å²) in [6, 6.07) is 0.517. The molecule has 1 amide bonds. The topological polar surface area (TPSA) is 32.3 Å². The summed E-state index contributed by atoms with van der Waals surface area (Å²) in [5, 5.41) is 3.34. The second-order valence-electron chi connectivity index (χ2n) is 5.13. The van der Waals surface area contributed by atoms with E-state index >= 15 is 0 Å². The number of piperidine rings is 2. The summed E-state index contributed by atoms with van der Waals surface area (Å²) in [5.74, 6) is 0.666. The first kappa shape index (κ1) is 11.9. The van der Waals surface area contributed by atoms with E-state index in [2.05, 4.69) is 17.1 Å². The van der Waals surface area contributed by atoms with Gasteiger partial charge in [0.2, 0.25) is 5.91 Å². The molecule has 2 aliphatic rings. The molecule has 2 atom stereocenters. The lowest BCUT2D eigenvalue weighted by molar-refractivity contribution is -0.139. The van der Waals surface area contributed by atoms with Crippen LogP contribution in [0.5, 0.6) is 0 Å². The Morgan fingerprint density at radius 1 is 1.31 bits per heavy atom. The van der Waals surface area contributed by atoms with E-state index in [1.165, 1.54) is 19.3 Å². The summed E-state index contributed by atoms with van der Waals surface area (Å²) < 4.78 is 0. The first-order valence-electron chi connectivity index (χ1n) is 6.84. The van der Waals surface area contributed by atoms with Crippen LogP contribution in [0.2, 0.25) is 0 Å². The third-order valence-electron chi connectivity index (χ3n) is 4.03. The number of amides is 1. The zero-order valence-electron chi connectivity index (χ0n) is 10.4. The molecule has 0 radical (unpaired) electrons. The monoisotopic (exact) mass is 224 g/mol. The van der Waals surface area contributed by atoms with Crippen molar-refractivity contribution in [3.63, 3.8) is 0 Å². The summed E-state index contributed by atoms with van der Waals surface area (Å²) in [6.07, 6.45) is 7.06. The summed E-state index contributed by atoms with van der Waals surface area (Å²) in [5.41, 5.74) is 0. The van der Waals surface area contributed by atoms with Gasteiger partial charge in [0.05, 0.1) is 5.92 Å². The fourth-order valence-corrected chi connectivity index (χ4v) is 3.01. The predicted molar refractivity (Wildman–Crippen MR) is 65.2 cm³/mol. The standard InChI is InChI=1S/C13H24N2O/c1-2-12-7-3-4-9-15(12)13(16)11-6-5-8-14-10-11/h11-12,14H,2-10H2,1H3. The van der Waals surface area contributed by atoms with Gasteiger partial charge in [-0.15, -0.1) is 0 Å². The van der Waals surface area contributed by atoms with Crippen LogP contribution in [0, 0.1) is 5.92 Å². The van der Waals surface area contributed by atoms with E-state index in [1.807, 2.05) is 0 Å². The van der Waals surface area contributed by atoms with Crippen molar-refractivity contribution in [2.45, 2.75) is 51.5 Å². The van der Waals surface area contributed by atoms with Crippen LogP contribution in [0.15, 0.2) is 0 Å². The van der Waals surface area contributed by atoms with Crippen LogP contribution in [-0.4, -0.2) is 36.5 Å². The van der Waals surface area contributed by atoms with Gasteiger partial charge in [-0.3, -0.25) is 4.79 Å². The van der Waals surface area contributed by atoms with Gasteiger partial charge < -0.3 is 10.2 Å². The zero-order chi connectivity index (χ0) is 11.4. The second kappa shape index (κ2) is 5.67. The van der Waals surface area contributed by atoms with E-state index < -0.39 is 0 Å². The van der Waals surface area contributed by atoms with Gasteiger partial charge in [0.15, 0.2) is 0 Å². The zero-order valence-corrected chi connectivity index (χ0v) is 10.4. The average Bonchev–Trinajstić information content (AvgIpc) is 2.39. The number of hydrogen-bond donors (Lipinski definition) is 1. The molecular weight excluding hydrogens is 200 g/mol. The fraction of sp³-hybridized carbons (Fsp3) is 0.923. The molecule has 2 fully saturated rings. The molecule has 0 spiro atoms. The molecule has 0 saturated carbocycles. The smallest absolute Gasteiger partial charge is 0.227 e. The van der Waals surface area contributed by atoms with Crippen molar-refractivity contribution in [1.29, 1.82) is 0 Å². The van der Waals surface area contributed by atoms with Crippen LogP contribution in [0.4, 0.5) is 0 Å². The number of rotatable bonds is 2. The van der Waals surface area contributed by atoms with Gasteiger partial charge in [-0.2, -0.15) is 0 Å². The Hall–Kier alpha value is -0.570. The Labute approximate surface area is 98.6 Å². The summed E-state index contributed by atoms with van der Waals surface area (Å²) >= 11 is 0. The molecule has 0 bridgehead atoms. The Bertz CT molecular complexity index is 236. The Morgan fingerprint density at radius 2 is 2.19 bits per heavy atom. The third kappa shape index (κ3) is 2.57. The number of nitrogens with zero attached hydrogens (tertiary/aromatic N) is 1. The minimum Gasteiger partial charge on any atom is -0.339 e. The molecule has 2 aliphatic heterocycles. The van der Waals surface area contributed by atoms with Crippen LogP contribution >= 0.6 is 0 Å². The molecular formula is C13H24N2O. The maximum absolute atomic E-state index is 12.4. The highest BCUT2D eigenvalue weighted by molar-refractivity contribution is 5.79. The van der Waals surface area contributed by atoms with Crippen molar-refractivity contribution in [3.8, 4) is 0 Å². The van der Waals surface area contributed by atoms with Gasteiger partial charge in [-0.05, 0) is 45.1 Å². The predicted octanol–water partition coefficient (Wildman–Crippen LogP) is 1.78. The second-order valence-corrected chi connectivity index (χ2v) is 5.13. The fourth-order valence-electron chi connectivity index (χ4n) is 3.01. The van der Waals surface area contributed by atoms with E-state index in [0.717, 1.165) is 38.9 Å². The Balaban J connectivity index is 1.95. The molecule has 3 heteroatoms. The van der Waals surface area contributed by atoms with Gasteiger partial charge in [0, 0.05) is 19.1 Å². The lowest BCUT2D eigenvalue weighted by atomic mass is 9.93. The largest absolute Gasteiger partial charge is 0.339 e. The van der Waals surface area contributed by atoms with Crippen LogP contribution < -0.4 is 5.32 Å². The lowest BCUT2D eigenvalue weighted by Crippen LogP contribution is -2.49. The Morgan fingerprint density at radius 3 is 2.88 bits per heavy atom. The normalized spacial score (nSPS) is 31.4. The van der Waals surface area contributed by atoms with Gasteiger partial charge in [0.1, 0.15) is 0 Å². The molecule has 92 valence electrons. The summed E-state index contributed by atoms with van der Waals surface area (Å²) in [4.78, 5) is 14.6. The number of hydrogen-bond acceptors (Lipinski definition) is 2. The van der Waals surface area contributed by atoms with Crippen LogP contribution in [0.25, 0.3) is 0 Å². The SMILES string of the molecule is CCC1CCCCN1C(=O)C1CCCNC1. The third-order valence-corrected chi connectivity index (χ3v) is 4.03. The molecule has 0 aromatic rings. The molecule has 16 heavy (non-hydrogen) atoms. The maximum atomic E-state index is 12.4. The van der Waals surface area contributed by atoms with E-state index in [0.29, 0.717) is 11.9 Å². The van der Waals surface area contributed by atoms with Crippen LogP contribution in [0.3, 0.4) is 0 Å². The number of nitrogens with one attached hydrogen (secondary N) is 1. The molecule has 2 unspecified atom stereocenters. The molecule has 2 rings (SSSR count). The summed E-state index contributed by atoms with van der Waals surface area (Å²) in [7, 11) is 0. The van der Waals surface area contributed by atoms with Crippen molar-refractivity contribution < 1.29 is 4.79 Å². The molecule has 1 N–H and O–H groups in total. The summed E-state index contributed by atoms with van der Waals surface area (Å²) in [6.45, 7) is 5.18. The highest BCUT2D eigenvalue weighted by Crippen LogP contribution is 2.23. The van der Waals surface area contributed by atoms with Crippen molar-refractivity contribution in [2.24, 2.45) is 5.92 Å². The highest BCUT2D eigenvalue weighted by atomic mass is 16.2. The molecule has 2 heterocycles. The van der Waals surface area contributed by atoms with Gasteiger partial charge >= 0.3 is 0 Å². The van der Waals surface area contributed by atoms with E-state index in [4.69, 9.17) is 0 Å². The number of carbonyl (C=O) groups is 1. The first-order chi connectivity index (χ1) is 7.83. The van der Waals surface area contributed by atoms with E-state index in [1.54, 1.807) is 0 Å². The molecule has 3 nitrogen and oxygen atoms in total. The number of likely N-dealkylation sites (tertiary alicyclic amines) is 1. The maximum Gasteiger partial charge on any atom is 0.227 e. The van der Waals surface area contributed by atoms with Crippen molar-refractivity contribution in [1.82, 2.24) is 10.2 Å². The van der Waals surface area contributed by atoms with Gasteiger partial charge in [-0.25, -0.2) is 0 Å². The average molecular weight is 224 g/mol. The molecule has 0 aromatic carbocycles. The molecule has 0 aromatic heterocycles. The van der Waals surface area contributed by atoms with Gasteiger partial charge in [0.25, 0.3) is 0 Å². The van der Waals surface area contributed by atoms with Crippen molar-refractivity contribution in [3.05, 3.63) is 0 Å². The minimum atomic E-state index is 0.251. The molecule has 2 saturated heterocycles. The number of carbonyl (C=O) groups excluding carboxylic acids is 1. The van der Waals surface area contributed by atoms with Crippen LogP contribution in [0.1, 0.15) is 45.4 Å². The first-order valence-corrected chi connectivity index (χ1v) is 6.84. The van der Waals surface area contributed by atoms with Crippen molar-refractivity contribution in [2.75, 3.05) is 19.6 Å². The van der Waals surface area contributed by atoms with Gasteiger partial charge in [-0.1, -0.05) is 6.92 Å². The van der Waals surface area contributed by atoms with E-state index in [-0.39, 0.29) is 5.92 Å². The van der Waals surface area contributed by atoms with E-state index in [9.17, 15) is 4.79 Å². The van der Waals surface area contributed by atoms with Crippen LogP contribution in [-0.2, 0) is 4.79 Å². The minimum absolute atomic E-state index is 0.251. The molecule has 0 aliphatic carbocycles. The lowest BCUT2D eigenvalue weighted by Gasteiger charge is -2.38. The quantitative estimate of drug-likeness (QED) is 0.775. The Kier molecular flexibility index (Phi) is 4.22. The van der Waals surface area contributed by atoms with Crippen molar-refractivity contribution >= 4 is 5.91 Å². The highest BCUT2D eigenvalue weighted by Gasteiger charge is 2.31.